The summed E-state index contributed by atoms with van der Waals surface area (Å²) < 4.78 is 50.9. The van der Waals surface area contributed by atoms with Crippen molar-refractivity contribution in [2.45, 2.75) is 25.2 Å². The molecule has 0 saturated carbocycles. The summed E-state index contributed by atoms with van der Waals surface area (Å²) in [5, 5.41) is 0. The maximum absolute atomic E-state index is 15.4. The molecule has 1 aliphatic heterocycles. The average Bonchev–Trinajstić information content (AvgIpc) is 3.22. The van der Waals surface area contributed by atoms with Crippen molar-refractivity contribution in [3.8, 4) is 51.7 Å². The molecule has 1 aliphatic rings. The standard InChI is InChI=1S/C42H50N2O10/c1-46-30-14-10-26(11-15-30)36(37-31-25-35(50-5)34(49-4)24-29(31)18-21-43-37)42(45)44(22-19-27-12-16-32(47-2)40(53-8)38(27)51-6)23-20-28-13-17-33(48-3)41(54-9)39(28)52-7/h10-17,24-25,36H,18-23H2,1-9H3/t36-/m1/s1. The molecule has 1 amide bonds. The van der Waals surface area contributed by atoms with E-state index in [1.54, 1.807) is 64.0 Å². The van der Waals surface area contributed by atoms with Gasteiger partial charge in [0.2, 0.25) is 17.4 Å². The van der Waals surface area contributed by atoms with Gasteiger partial charge >= 0.3 is 0 Å². The molecule has 0 fully saturated rings. The topological polar surface area (TPSA) is 116 Å². The first kappa shape index (κ1) is 39.4. The van der Waals surface area contributed by atoms with E-state index in [0.29, 0.717) is 96.4 Å². The minimum atomic E-state index is -0.757. The molecular formula is C42H50N2O10. The largest absolute Gasteiger partial charge is 0.497 e. The summed E-state index contributed by atoms with van der Waals surface area (Å²) in [6.07, 6.45) is 1.62. The van der Waals surface area contributed by atoms with E-state index in [1.165, 1.54) is 0 Å². The molecule has 0 spiro atoms. The minimum Gasteiger partial charge on any atom is -0.497 e. The molecule has 12 heteroatoms. The monoisotopic (exact) mass is 742 g/mol. The Hall–Kier alpha value is -5.78. The van der Waals surface area contributed by atoms with Gasteiger partial charge in [0.15, 0.2) is 34.5 Å². The first-order valence-corrected chi connectivity index (χ1v) is 17.6. The van der Waals surface area contributed by atoms with Crippen LogP contribution < -0.4 is 42.6 Å². The zero-order chi connectivity index (χ0) is 38.8. The second-order valence-corrected chi connectivity index (χ2v) is 12.4. The Morgan fingerprint density at radius 1 is 0.593 bits per heavy atom. The molecule has 12 nitrogen and oxygen atoms in total. The van der Waals surface area contributed by atoms with Crippen molar-refractivity contribution in [2.75, 3.05) is 83.6 Å². The van der Waals surface area contributed by atoms with Gasteiger partial charge in [0, 0.05) is 36.3 Å². The lowest BCUT2D eigenvalue weighted by Gasteiger charge is -2.31. The summed E-state index contributed by atoms with van der Waals surface area (Å²) >= 11 is 0. The van der Waals surface area contributed by atoms with Crippen LogP contribution in [0.2, 0.25) is 0 Å². The lowest BCUT2D eigenvalue weighted by atomic mass is 9.84. The molecule has 1 heterocycles. The van der Waals surface area contributed by atoms with E-state index in [9.17, 15) is 0 Å². The zero-order valence-corrected chi connectivity index (χ0v) is 32.6. The molecule has 288 valence electrons. The van der Waals surface area contributed by atoms with Gasteiger partial charge < -0.3 is 47.5 Å². The predicted octanol–water partition coefficient (Wildman–Crippen LogP) is 6.21. The normalized spacial score (nSPS) is 12.4. The summed E-state index contributed by atoms with van der Waals surface area (Å²) in [5.74, 6) is 4.14. The number of fused-ring (bicyclic) bond motifs is 1. The Balaban J connectivity index is 1.62. The zero-order valence-electron chi connectivity index (χ0n) is 32.6. The van der Waals surface area contributed by atoms with Gasteiger partial charge in [-0.3, -0.25) is 9.79 Å². The molecule has 54 heavy (non-hydrogen) atoms. The van der Waals surface area contributed by atoms with E-state index in [4.69, 9.17) is 47.6 Å². The van der Waals surface area contributed by atoms with Crippen LogP contribution in [0.1, 0.15) is 33.7 Å². The predicted molar refractivity (Wildman–Crippen MR) is 207 cm³/mol. The Morgan fingerprint density at radius 2 is 1.09 bits per heavy atom. The highest BCUT2D eigenvalue weighted by molar-refractivity contribution is 6.18. The van der Waals surface area contributed by atoms with Crippen LogP contribution in [0, 0.1) is 0 Å². The molecule has 1 atom stereocenters. The molecule has 0 unspecified atom stereocenters. The fraction of sp³-hybridized carbons (Fsp3) is 0.381. The number of nitrogens with zero attached hydrogens (tertiary/aromatic N) is 2. The fourth-order valence-electron chi connectivity index (χ4n) is 6.95. The molecule has 0 radical (unpaired) electrons. The molecule has 4 aromatic carbocycles. The van der Waals surface area contributed by atoms with Crippen LogP contribution in [0.5, 0.6) is 51.7 Å². The second kappa shape index (κ2) is 18.3. The van der Waals surface area contributed by atoms with Gasteiger partial charge in [-0.15, -0.1) is 0 Å². The van der Waals surface area contributed by atoms with Crippen molar-refractivity contribution >= 4 is 11.6 Å². The number of hydrogen-bond acceptors (Lipinski definition) is 11. The molecule has 0 N–H and O–H groups in total. The SMILES string of the molecule is COc1ccc([C@@H](C(=O)N(CCc2ccc(OC)c(OC)c2OC)CCc2ccc(OC)c(OC)c2OC)C2=NCCc3cc(OC)c(OC)cc32)cc1. The van der Waals surface area contributed by atoms with Crippen LogP contribution in [0.25, 0.3) is 0 Å². The van der Waals surface area contributed by atoms with Crippen molar-refractivity contribution in [1.29, 1.82) is 0 Å². The summed E-state index contributed by atoms with van der Waals surface area (Å²) in [7, 11) is 14.3. The second-order valence-electron chi connectivity index (χ2n) is 12.4. The van der Waals surface area contributed by atoms with Gasteiger partial charge in [-0.1, -0.05) is 24.3 Å². The third kappa shape index (κ3) is 8.07. The van der Waals surface area contributed by atoms with Gasteiger partial charge in [-0.25, -0.2) is 0 Å². The average molecular weight is 743 g/mol. The van der Waals surface area contributed by atoms with Crippen LogP contribution in [0.15, 0.2) is 65.7 Å². The highest BCUT2D eigenvalue weighted by Crippen LogP contribution is 2.42. The lowest BCUT2D eigenvalue weighted by molar-refractivity contribution is -0.131. The molecule has 0 aliphatic carbocycles. The van der Waals surface area contributed by atoms with E-state index in [-0.39, 0.29) is 5.91 Å². The molecule has 0 saturated heterocycles. The number of hydrogen-bond donors (Lipinski definition) is 0. The maximum Gasteiger partial charge on any atom is 0.236 e. The van der Waals surface area contributed by atoms with Crippen LogP contribution >= 0.6 is 0 Å². The fourth-order valence-corrected chi connectivity index (χ4v) is 6.95. The van der Waals surface area contributed by atoms with Crippen molar-refractivity contribution < 1.29 is 47.4 Å². The molecule has 5 rings (SSSR count). The number of benzene rings is 4. The number of carbonyl (C=O) groups excluding carboxylic acids is 1. The maximum atomic E-state index is 15.4. The first-order chi connectivity index (χ1) is 26.3. The van der Waals surface area contributed by atoms with Crippen LogP contribution in [0.4, 0.5) is 0 Å². The Morgan fingerprint density at radius 3 is 1.56 bits per heavy atom. The van der Waals surface area contributed by atoms with Crippen LogP contribution in [-0.2, 0) is 24.1 Å². The van der Waals surface area contributed by atoms with Crippen molar-refractivity contribution in [1.82, 2.24) is 4.90 Å². The van der Waals surface area contributed by atoms with Crippen molar-refractivity contribution in [2.24, 2.45) is 4.99 Å². The van der Waals surface area contributed by atoms with Crippen molar-refractivity contribution in [3.05, 3.63) is 88.5 Å². The summed E-state index contributed by atoms with van der Waals surface area (Å²) in [4.78, 5) is 22.3. The van der Waals surface area contributed by atoms with Gasteiger partial charge in [0.1, 0.15) is 11.7 Å². The number of amides is 1. The first-order valence-electron chi connectivity index (χ1n) is 17.6. The van der Waals surface area contributed by atoms with Crippen LogP contribution in [0.3, 0.4) is 0 Å². The Bertz CT molecular complexity index is 1880. The van der Waals surface area contributed by atoms with Gasteiger partial charge in [0.25, 0.3) is 0 Å². The third-order valence-electron chi connectivity index (χ3n) is 9.70. The smallest absolute Gasteiger partial charge is 0.236 e. The van der Waals surface area contributed by atoms with E-state index >= 15 is 4.79 Å². The molecule has 0 aromatic heterocycles. The highest BCUT2D eigenvalue weighted by Gasteiger charge is 2.35. The number of methoxy groups -OCH3 is 9. The number of rotatable bonds is 18. The Kier molecular flexibility index (Phi) is 13.4. The summed E-state index contributed by atoms with van der Waals surface area (Å²) in [5.41, 5.74) is 5.02. The molecule has 0 bridgehead atoms. The Labute approximate surface area is 317 Å². The van der Waals surface area contributed by atoms with Gasteiger partial charge in [0.05, 0.1) is 69.7 Å². The number of carbonyl (C=O) groups is 1. The highest BCUT2D eigenvalue weighted by atomic mass is 16.5. The summed E-state index contributed by atoms with van der Waals surface area (Å²) in [6.45, 7) is 1.21. The van der Waals surface area contributed by atoms with Gasteiger partial charge in [-0.05, 0) is 66.8 Å². The number of aliphatic imine (C=N–C) groups is 1. The number of ether oxygens (including phenoxy) is 9. The third-order valence-corrected chi connectivity index (χ3v) is 9.70. The van der Waals surface area contributed by atoms with E-state index in [1.807, 2.05) is 65.6 Å². The molecule has 4 aromatic rings. The molecular weight excluding hydrogens is 692 g/mol. The van der Waals surface area contributed by atoms with E-state index < -0.39 is 5.92 Å². The van der Waals surface area contributed by atoms with E-state index in [0.717, 1.165) is 27.8 Å². The van der Waals surface area contributed by atoms with Gasteiger partial charge in [-0.2, -0.15) is 0 Å². The van der Waals surface area contributed by atoms with Crippen molar-refractivity contribution in [3.63, 3.8) is 0 Å². The lowest BCUT2D eigenvalue weighted by Crippen LogP contribution is -2.41. The minimum absolute atomic E-state index is 0.125. The summed E-state index contributed by atoms with van der Waals surface area (Å²) in [6, 6.07) is 19.0. The van der Waals surface area contributed by atoms with Crippen LogP contribution in [-0.4, -0.2) is 100 Å². The van der Waals surface area contributed by atoms with E-state index in [2.05, 4.69) is 0 Å². The quantitative estimate of drug-likeness (QED) is 0.117.